The Hall–Kier alpha value is -1.13. The maximum Gasteiger partial charge on any atom is 0.225 e. The van der Waals surface area contributed by atoms with Crippen molar-refractivity contribution in [2.45, 2.75) is 46.1 Å². The fourth-order valence-corrected chi connectivity index (χ4v) is 2.36. The van der Waals surface area contributed by atoms with Crippen LogP contribution in [0, 0.1) is 17.7 Å². The van der Waals surface area contributed by atoms with Gasteiger partial charge in [-0.15, -0.1) is 12.4 Å². The average Bonchev–Trinajstić information content (AvgIpc) is 2.48. The van der Waals surface area contributed by atoms with Crippen molar-refractivity contribution in [3.05, 3.63) is 35.6 Å². The summed E-state index contributed by atoms with van der Waals surface area (Å²) < 4.78 is 13.1. The molecule has 0 bridgehead atoms. The Bertz CT molecular complexity index is 482. The van der Waals surface area contributed by atoms with E-state index in [1.54, 1.807) is 11.0 Å². The third-order valence-corrected chi connectivity index (χ3v) is 4.21. The zero-order valence-corrected chi connectivity index (χ0v) is 15.4. The van der Waals surface area contributed by atoms with Crippen molar-refractivity contribution >= 4 is 18.3 Å². The number of rotatable bonds is 8. The fraction of sp³-hybridized carbons (Fsp3) is 0.611. The molecule has 1 aromatic carbocycles. The van der Waals surface area contributed by atoms with Gasteiger partial charge in [-0.05, 0) is 42.9 Å². The second kappa shape index (κ2) is 10.6. The molecule has 1 rings (SSSR count). The van der Waals surface area contributed by atoms with Gasteiger partial charge in [0.15, 0.2) is 0 Å². The zero-order chi connectivity index (χ0) is 16.7. The number of halogens is 2. The number of benzene rings is 1. The van der Waals surface area contributed by atoms with Crippen LogP contribution in [-0.2, 0) is 11.2 Å². The first kappa shape index (κ1) is 21.9. The van der Waals surface area contributed by atoms with Crippen LogP contribution in [0.4, 0.5) is 4.39 Å². The minimum absolute atomic E-state index is 0. The van der Waals surface area contributed by atoms with E-state index in [0.717, 1.165) is 18.4 Å². The number of nitrogens with zero attached hydrogens (tertiary/aromatic N) is 1. The highest BCUT2D eigenvalue weighted by Crippen LogP contribution is 2.14. The van der Waals surface area contributed by atoms with Crippen molar-refractivity contribution < 1.29 is 9.18 Å². The Labute approximate surface area is 145 Å². The van der Waals surface area contributed by atoms with E-state index in [4.69, 9.17) is 5.73 Å². The molecule has 0 aliphatic heterocycles. The lowest BCUT2D eigenvalue weighted by Gasteiger charge is -2.24. The van der Waals surface area contributed by atoms with Crippen LogP contribution < -0.4 is 5.73 Å². The van der Waals surface area contributed by atoms with Gasteiger partial charge in [-0.3, -0.25) is 4.79 Å². The Morgan fingerprint density at radius 3 is 2.48 bits per heavy atom. The molecule has 0 fully saturated rings. The highest BCUT2D eigenvalue weighted by Gasteiger charge is 2.18. The Morgan fingerprint density at radius 2 is 1.91 bits per heavy atom. The summed E-state index contributed by atoms with van der Waals surface area (Å²) in [6.45, 7) is 6.80. The van der Waals surface area contributed by atoms with E-state index >= 15 is 0 Å². The van der Waals surface area contributed by atoms with Crippen molar-refractivity contribution in [2.24, 2.45) is 17.6 Å². The Kier molecular flexibility index (Phi) is 10.1. The van der Waals surface area contributed by atoms with Gasteiger partial charge in [0, 0.05) is 25.6 Å². The molecule has 2 N–H and O–H groups in total. The molecule has 0 spiro atoms. The quantitative estimate of drug-likeness (QED) is 0.782. The predicted molar refractivity (Wildman–Crippen MR) is 96.2 cm³/mol. The first-order valence-electron chi connectivity index (χ1n) is 8.06. The lowest BCUT2D eigenvalue weighted by atomic mass is 9.99. The molecule has 0 radical (unpaired) electrons. The van der Waals surface area contributed by atoms with Crippen LogP contribution in [-0.4, -0.2) is 30.4 Å². The van der Waals surface area contributed by atoms with E-state index in [2.05, 4.69) is 13.8 Å². The summed E-state index contributed by atoms with van der Waals surface area (Å²) in [6, 6.07) is 6.69. The van der Waals surface area contributed by atoms with E-state index in [0.29, 0.717) is 18.9 Å². The van der Waals surface area contributed by atoms with Crippen molar-refractivity contribution in [1.82, 2.24) is 4.90 Å². The molecule has 132 valence electrons. The van der Waals surface area contributed by atoms with Gasteiger partial charge in [-0.25, -0.2) is 4.39 Å². The number of hydrogen-bond acceptors (Lipinski definition) is 2. The predicted octanol–water partition coefficient (Wildman–Crippen LogP) is 3.65. The smallest absolute Gasteiger partial charge is 0.225 e. The monoisotopic (exact) mass is 344 g/mol. The highest BCUT2D eigenvalue weighted by molar-refractivity contribution is 5.85. The van der Waals surface area contributed by atoms with Gasteiger partial charge in [-0.2, -0.15) is 0 Å². The molecular formula is C18H30ClFN2O. The number of aryl methyl sites for hydroxylation is 1. The molecule has 3 nitrogen and oxygen atoms in total. The van der Waals surface area contributed by atoms with Gasteiger partial charge in [0.25, 0.3) is 0 Å². The van der Waals surface area contributed by atoms with Gasteiger partial charge in [0.05, 0.1) is 0 Å². The van der Waals surface area contributed by atoms with Crippen LogP contribution in [0.25, 0.3) is 0 Å². The van der Waals surface area contributed by atoms with E-state index in [-0.39, 0.29) is 36.1 Å². The van der Waals surface area contributed by atoms with Crippen molar-refractivity contribution in [3.8, 4) is 0 Å². The van der Waals surface area contributed by atoms with Crippen LogP contribution in [0.5, 0.6) is 0 Å². The van der Waals surface area contributed by atoms with Gasteiger partial charge in [0.1, 0.15) is 5.82 Å². The lowest BCUT2D eigenvalue weighted by Crippen LogP contribution is -2.37. The molecule has 2 atom stereocenters. The van der Waals surface area contributed by atoms with E-state index < -0.39 is 0 Å². The number of carbonyl (C=O) groups is 1. The summed E-state index contributed by atoms with van der Waals surface area (Å²) in [7, 11) is 1.83. The Balaban J connectivity index is 0.00000484. The van der Waals surface area contributed by atoms with Gasteiger partial charge in [-0.1, -0.05) is 32.9 Å². The normalized spacial score (nSPS) is 13.3. The number of amides is 1. The summed E-state index contributed by atoms with van der Waals surface area (Å²) in [5.41, 5.74) is 6.95. The van der Waals surface area contributed by atoms with Crippen LogP contribution in [0.1, 0.15) is 39.2 Å². The molecule has 0 saturated heterocycles. The largest absolute Gasteiger partial charge is 0.345 e. The van der Waals surface area contributed by atoms with Crippen molar-refractivity contribution in [2.75, 3.05) is 13.6 Å². The molecule has 0 aliphatic carbocycles. The van der Waals surface area contributed by atoms with Crippen LogP contribution in [0.15, 0.2) is 24.3 Å². The summed E-state index contributed by atoms with van der Waals surface area (Å²) in [5, 5.41) is 0. The zero-order valence-electron chi connectivity index (χ0n) is 14.6. The molecule has 0 aromatic heterocycles. The number of carbonyl (C=O) groups excluding carboxylic acids is 1. The van der Waals surface area contributed by atoms with Crippen molar-refractivity contribution in [1.29, 1.82) is 0 Å². The topological polar surface area (TPSA) is 46.3 Å². The molecule has 23 heavy (non-hydrogen) atoms. The van der Waals surface area contributed by atoms with Crippen LogP contribution >= 0.6 is 12.4 Å². The Morgan fingerprint density at radius 1 is 1.26 bits per heavy atom. The van der Waals surface area contributed by atoms with E-state index in [1.165, 1.54) is 12.1 Å². The molecule has 5 heteroatoms. The first-order chi connectivity index (χ1) is 10.3. The third kappa shape index (κ3) is 7.80. The molecule has 0 saturated carbocycles. The van der Waals surface area contributed by atoms with E-state index in [9.17, 15) is 9.18 Å². The maximum atomic E-state index is 13.1. The van der Waals surface area contributed by atoms with Gasteiger partial charge in [0.2, 0.25) is 5.91 Å². The minimum Gasteiger partial charge on any atom is -0.345 e. The second-order valence-corrected chi connectivity index (χ2v) is 6.53. The molecular weight excluding hydrogens is 315 g/mol. The number of nitrogens with two attached hydrogens (primary N) is 1. The third-order valence-electron chi connectivity index (χ3n) is 4.21. The molecule has 2 unspecified atom stereocenters. The first-order valence-corrected chi connectivity index (χ1v) is 8.06. The molecule has 0 aliphatic rings. The molecule has 1 amide bonds. The average molecular weight is 345 g/mol. The standard InChI is InChI=1S/C18H29FN2O.ClH/c1-13(2)17(20)10-11-21(4)18(22)14(3)8-9-15-6-5-7-16(19)12-15;/h5-7,12-14,17H,8-11,20H2,1-4H3;1H. The highest BCUT2D eigenvalue weighted by atomic mass is 35.5. The minimum atomic E-state index is -0.226. The second-order valence-electron chi connectivity index (χ2n) is 6.53. The maximum absolute atomic E-state index is 13.1. The van der Waals surface area contributed by atoms with Crippen LogP contribution in [0.2, 0.25) is 0 Å². The molecule has 1 aromatic rings. The van der Waals surface area contributed by atoms with Crippen LogP contribution in [0.3, 0.4) is 0 Å². The summed E-state index contributed by atoms with van der Waals surface area (Å²) >= 11 is 0. The molecule has 0 heterocycles. The van der Waals surface area contributed by atoms with Gasteiger partial charge < -0.3 is 10.6 Å². The lowest BCUT2D eigenvalue weighted by molar-refractivity contribution is -0.133. The number of hydrogen-bond donors (Lipinski definition) is 1. The van der Waals surface area contributed by atoms with Gasteiger partial charge >= 0.3 is 0 Å². The summed E-state index contributed by atoms with van der Waals surface area (Å²) in [4.78, 5) is 14.1. The SMILES string of the molecule is CC(CCc1cccc(F)c1)C(=O)N(C)CCC(N)C(C)C.Cl. The summed E-state index contributed by atoms with van der Waals surface area (Å²) in [6.07, 6.45) is 2.25. The van der Waals surface area contributed by atoms with E-state index in [1.807, 2.05) is 20.0 Å². The van der Waals surface area contributed by atoms with Crippen molar-refractivity contribution in [3.63, 3.8) is 0 Å². The fourth-order valence-electron chi connectivity index (χ4n) is 2.36. The summed E-state index contributed by atoms with van der Waals surface area (Å²) in [5.74, 6) is 0.265.